The van der Waals surface area contributed by atoms with Gasteiger partial charge in [0.25, 0.3) is 5.91 Å². The van der Waals surface area contributed by atoms with Crippen molar-refractivity contribution in [3.8, 4) is 0 Å². The van der Waals surface area contributed by atoms with E-state index in [9.17, 15) is 14.4 Å². The molecule has 0 aliphatic carbocycles. The van der Waals surface area contributed by atoms with Crippen LogP contribution in [0, 0.1) is 0 Å². The zero-order valence-corrected chi connectivity index (χ0v) is 16.6. The van der Waals surface area contributed by atoms with Crippen molar-refractivity contribution in [1.29, 1.82) is 0 Å². The van der Waals surface area contributed by atoms with Gasteiger partial charge >= 0.3 is 5.97 Å². The Hall–Kier alpha value is -3.52. The summed E-state index contributed by atoms with van der Waals surface area (Å²) in [7, 11) is 0. The van der Waals surface area contributed by atoms with Gasteiger partial charge < -0.3 is 15.4 Å². The van der Waals surface area contributed by atoms with Crippen LogP contribution in [0.5, 0.6) is 0 Å². The van der Waals surface area contributed by atoms with Crippen molar-refractivity contribution in [2.24, 2.45) is 0 Å². The van der Waals surface area contributed by atoms with Crippen LogP contribution in [0.3, 0.4) is 0 Å². The highest BCUT2D eigenvalue weighted by Crippen LogP contribution is 2.11. The minimum absolute atomic E-state index is 0.0327. The minimum atomic E-state index is -0.615. The number of ether oxygens (including phenoxy) is 1. The lowest BCUT2D eigenvalue weighted by Gasteiger charge is -2.10. The highest BCUT2D eigenvalue weighted by molar-refractivity contribution is 7.80. The van der Waals surface area contributed by atoms with Crippen molar-refractivity contribution in [2.45, 2.75) is 13.5 Å². The van der Waals surface area contributed by atoms with Crippen LogP contribution in [0.4, 0.5) is 5.69 Å². The zero-order chi connectivity index (χ0) is 21.1. The molecule has 29 heavy (non-hydrogen) atoms. The van der Waals surface area contributed by atoms with Crippen molar-refractivity contribution >= 4 is 40.8 Å². The summed E-state index contributed by atoms with van der Waals surface area (Å²) >= 11 is 5.07. The van der Waals surface area contributed by atoms with E-state index in [1.807, 2.05) is 30.3 Å². The Kier molecular flexibility index (Phi) is 8.52. The Morgan fingerprint density at radius 1 is 1.03 bits per heavy atom. The summed E-state index contributed by atoms with van der Waals surface area (Å²) in [5.41, 5.74) is 1.98. The number of hydrogen-bond donors (Lipinski definition) is 3. The third-order valence-corrected chi connectivity index (χ3v) is 3.78. The third-order valence-electron chi connectivity index (χ3n) is 3.57. The van der Waals surface area contributed by atoms with Crippen LogP contribution in [0.1, 0.15) is 22.8 Å². The molecular formula is C21H21N3O4S. The van der Waals surface area contributed by atoms with Gasteiger partial charge in [-0.3, -0.25) is 14.9 Å². The van der Waals surface area contributed by atoms with Gasteiger partial charge in [0.05, 0.1) is 6.61 Å². The number of amides is 2. The molecule has 0 saturated carbocycles. The Balaban J connectivity index is 1.88. The van der Waals surface area contributed by atoms with Gasteiger partial charge in [0.2, 0.25) is 5.91 Å². The molecule has 0 aromatic heterocycles. The number of carbonyl (C=O) groups is 3. The summed E-state index contributed by atoms with van der Waals surface area (Å²) < 4.78 is 4.68. The fourth-order valence-corrected chi connectivity index (χ4v) is 2.49. The van der Waals surface area contributed by atoms with Gasteiger partial charge in [0.15, 0.2) is 5.11 Å². The fraction of sp³-hybridized carbons (Fsp3) is 0.143. The van der Waals surface area contributed by atoms with E-state index in [0.717, 1.165) is 17.7 Å². The van der Waals surface area contributed by atoms with Gasteiger partial charge in [-0.1, -0.05) is 36.4 Å². The average Bonchev–Trinajstić information content (AvgIpc) is 2.71. The first-order valence-corrected chi connectivity index (χ1v) is 9.27. The van der Waals surface area contributed by atoms with Gasteiger partial charge in [0.1, 0.15) is 0 Å². The molecule has 0 aliphatic rings. The predicted molar refractivity (Wildman–Crippen MR) is 114 cm³/mol. The molecule has 150 valence electrons. The number of carbonyl (C=O) groups excluding carboxylic acids is 3. The predicted octanol–water partition coefficient (Wildman–Crippen LogP) is 2.55. The Morgan fingerprint density at radius 3 is 2.52 bits per heavy atom. The van der Waals surface area contributed by atoms with Gasteiger partial charge in [-0.15, -0.1) is 0 Å². The Morgan fingerprint density at radius 2 is 1.79 bits per heavy atom. The molecule has 2 aromatic rings. The van der Waals surface area contributed by atoms with Gasteiger partial charge in [-0.2, -0.15) is 0 Å². The maximum Gasteiger partial charge on any atom is 0.330 e. The summed E-state index contributed by atoms with van der Waals surface area (Å²) in [6.45, 7) is 2.31. The second-order valence-corrected chi connectivity index (χ2v) is 6.19. The van der Waals surface area contributed by atoms with Crippen molar-refractivity contribution in [3.05, 3.63) is 77.9 Å². The number of esters is 1. The van der Waals surface area contributed by atoms with E-state index >= 15 is 0 Å². The van der Waals surface area contributed by atoms with E-state index in [0.29, 0.717) is 17.8 Å². The summed E-state index contributed by atoms with van der Waals surface area (Å²) in [6, 6.07) is 16.3. The molecule has 0 atom stereocenters. The van der Waals surface area contributed by atoms with Crippen LogP contribution < -0.4 is 16.0 Å². The van der Waals surface area contributed by atoms with E-state index in [-0.39, 0.29) is 17.6 Å². The molecule has 2 rings (SSSR count). The first kappa shape index (κ1) is 21.8. The molecule has 0 radical (unpaired) electrons. The van der Waals surface area contributed by atoms with E-state index in [1.165, 1.54) is 0 Å². The topological polar surface area (TPSA) is 96.5 Å². The molecule has 0 aliphatic heterocycles. The van der Waals surface area contributed by atoms with Crippen LogP contribution in [0.2, 0.25) is 0 Å². The van der Waals surface area contributed by atoms with Crippen LogP contribution in [-0.2, 0) is 20.9 Å². The molecule has 0 saturated heterocycles. The van der Waals surface area contributed by atoms with Gasteiger partial charge in [-0.25, -0.2) is 4.79 Å². The number of anilines is 1. The number of thiocarbonyl (C=S) groups is 1. The number of hydrogen-bond acceptors (Lipinski definition) is 5. The first-order chi connectivity index (χ1) is 14.0. The lowest BCUT2D eigenvalue weighted by atomic mass is 10.1. The van der Waals surface area contributed by atoms with Crippen LogP contribution in [-0.4, -0.2) is 29.5 Å². The van der Waals surface area contributed by atoms with Gasteiger partial charge in [0, 0.05) is 29.9 Å². The van der Waals surface area contributed by atoms with E-state index < -0.39 is 11.9 Å². The Labute approximate surface area is 174 Å². The van der Waals surface area contributed by atoms with Crippen molar-refractivity contribution in [2.75, 3.05) is 11.9 Å². The molecule has 2 amide bonds. The lowest BCUT2D eigenvalue weighted by Crippen LogP contribution is -2.33. The molecule has 0 heterocycles. The summed E-state index contributed by atoms with van der Waals surface area (Å²) in [5, 5.41) is 8.11. The molecule has 3 N–H and O–H groups in total. The first-order valence-electron chi connectivity index (χ1n) is 8.87. The molecular weight excluding hydrogens is 390 g/mol. The lowest BCUT2D eigenvalue weighted by molar-refractivity contribution is -0.137. The molecule has 8 heteroatoms. The largest absolute Gasteiger partial charge is 0.463 e. The molecule has 0 spiro atoms. The van der Waals surface area contributed by atoms with Crippen LogP contribution in [0.25, 0.3) is 0 Å². The SMILES string of the molecule is CCOC(=O)/C=C/C(=O)NC(=S)Nc1cccc(C(=O)NCc2ccccc2)c1. The van der Waals surface area contributed by atoms with Crippen molar-refractivity contribution in [1.82, 2.24) is 10.6 Å². The molecule has 2 aromatic carbocycles. The van der Waals surface area contributed by atoms with Crippen molar-refractivity contribution in [3.63, 3.8) is 0 Å². The molecule has 7 nitrogen and oxygen atoms in total. The van der Waals surface area contributed by atoms with E-state index in [4.69, 9.17) is 12.2 Å². The van der Waals surface area contributed by atoms with Crippen LogP contribution in [0.15, 0.2) is 66.7 Å². The maximum absolute atomic E-state index is 12.3. The van der Waals surface area contributed by atoms with Gasteiger partial charge in [-0.05, 0) is 42.9 Å². The molecule has 0 fully saturated rings. The second-order valence-electron chi connectivity index (χ2n) is 5.78. The summed E-state index contributed by atoms with van der Waals surface area (Å²) in [4.78, 5) is 35.3. The normalized spacial score (nSPS) is 10.2. The average molecular weight is 411 g/mol. The smallest absolute Gasteiger partial charge is 0.330 e. The molecule has 0 unspecified atom stereocenters. The standard InChI is InChI=1S/C21H21N3O4S/c1-2-28-19(26)12-11-18(25)24-21(29)23-17-10-6-9-16(13-17)20(27)22-14-15-7-4-3-5-8-15/h3-13H,2,14H2,1H3,(H,22,27)(H2,23,24,25,29)/b12-11+. The van der Waals surface area contributed by atoms with Crippen molar-refractivity contribution < 1.29 is 19.1 Å². The monoisotopic (exact) mass is 411 g/mol. The molecule has 0 bridgehead atoms. The Bertz CT molecular complexity index is 913. The van der Waals surface area contributed by atoms with Crippen LogP contribution >= 0.6 is 12.2 Å². The number of rotatable bonds is 7. The zero-order valence-electron chi connectivity index (χ0n) is 15.8. The third kappa shape index (κ3) is 7.94. The fourth-order valence-electron chi connectivity index (χ4n) is 2.27. The van der Waals surface area contributed by atoms with E-state index in [1.54, 1.807) is 31.2 Å². The number of benzene rings is 2. The maximum atomic E-state index is 12.3. The summed E-state index contributed by atoms with van der Waals surface area (Å²) in [5.74, 6) is -1.42. The quantitative estimate of drug-likeness (QED) is 0.368. The summed E-state index contributed by atoms with van der Waals surface area (Å²) in [6.07, 6.45) is 2.04. The highest BCUT2D eigenvalue weighted by Gasteiger charge is 2.08. The minimum Gasteiger partial charge on any atom is -0.463 e. The number of nitrogens with one attached hydrogen (secondary N) is 3. The van der Waals surface area contributed by atoms with E-state index in [2.05, 4.69) is 20.7 Å². The second kappa shape index (κ2) is 11.4. The highest BCUT2D eigenvalue weighted by atomic mass is 32.1.